The average molecular weight is 549 g/mol. The number of carbonyl (C=O) groups is 1. The van der Waals surface area contributed by atoms with Gasteiger partial charge in [0, 0.05) is 42.7 Å². The van der Waals surface area contributed by atoms with Crippen molar-refractivity contribution in [1.82, 2.24) is 9.88 Å². The Labute approximate surface area is 231 Å². The molecule has 210 valence electrons. The first kappa shape index (κ1) is 27.1. The van der Waals surface area contributed by atoms with Gasteiger partial charge in [0.25, 0.3) is 0 Å². The number of aromatic hydroxyl groups is 1. The summed E-state index contributed by atoms with van der Waals surface area (Å²) >= 11 is 0. The van der Waals surface area contributed by atoms with Crippen molar-refractivity contribution < 1.29 is 33.3 Å². The van der Waals surface area contributed by atoms with Crippen molar-refractivity contribution in [1.29, 1.82) is 0 Å². The van der Waals surface area contributed by atoms with E-state index in [0.29, 0.717) is 42.3 Å². The number of ether oxygens (including phenoxy) is 4. The number of nitrogens with zero attached hydrogens (tertiary/aromatic N) is 1. The van der Waals surface area contributed by atoms with Crippen LogP contribution in [0.4, 0.5) is 0 Å². The predicted octanol–water partition coefficient (Wildman–Crippen LogP) is 4.11. The van der Waals surface area contributed by atoms with E-state index >= 15 is 0 Å². The van der Waals surface area contributed by atoms with Gasteiger partial charge in [-0.3, -0.25) is 9.59 Å². The smallest absolute Gasteiger partial charge is 0.227 e. The van der Waals surface area contributed by atoms with Crippen LogP contribution in [0.2, 0.25) is 0 Å². The number of methoxy groups -OCH3 is 4. The monoisotopic (exact) mass is 548 g/mol. The lowest BCUT2D eigenvalue weighted by molar-refractivity contribution is -0.132. The molecule has 2 aromatic carbocycles. The number of aromatic nitrogens is 1. The van der Waals surface area contributed by atoms with Gasteiger partial charge in [-0.15, -0.1) is 0 Å². The maximum Gasteiger partial charge on any atom is 0.227 e. The fourth-order valence-corrected chi connectivity index (χ4v) is 5.38. The molecular formula is C30H32N2O8. The van der Waals surface area contributed by atoms with Crippen LogP contribution in [-0.4, -0.2) is 55.9 Å². The fraction of sp³-hybridized carbons (Fsp3) is 0.333. The summed E-state index contributed by atoms with van der Waals surface area (Å²) in [4.78, 5) is 31.7. The number of aromatic amines is 1. The molecule has 1 unspecified atom stereocenters. The first-order valence-electron chi connectivity index (χ1n) is 12.9. The van der Waals surface area contributed by atoms with Crippen LogP contribution in [0.3, 0.4) is 0 Å². The van der Waals surface area contributed by atoms with Crippen molar-refractivity contribution in [3.8, 4) is 23.0 Å². The molecular weight excluding hydrogens is 516 g/mol. The normalized spacial score (nSPS) is 13.7. The van der Waals surface area contributed by atoms with Gasteiger partial charge < -0.3 is 38.4 Å². The van der Waals surface area contributed by atoms with Crippen molar-refractivity contribution in [2.75, 3.05) is 35.0 Å². The van der Waals surface area contributed by atoms with Gasteiger partial charge in [-0.2, -0.15) is 0 Å². The average Bonchev–Trinajstić information content (AvgIpc) is 3.35. The third-order valence-corrected chi connectivity index (χ3v) is 7.31. The van der Waals surface area contributed by atoms with Gasteiger partial charge in [0.1, 0.15) is 12.4 Å². The van der Waals surface area contributed by atoms with Crippen molar-refractivity contribution in [3.63, 3.8) is 0 Å². The molecule has 0 saturated heterocycles. The van der Waals surface area contributed by atoms with Crippen LogP contribution in [-0.2, 0) is 29.1 Å². The lowest BCUT2D eigenvalue weighted by atomic mass is 9.90. The number of rotatable bonds is 9. The van der Waals surface area contributed by atoms with E-state index in [1.807, 2.05) is 18.2 Å². The number of amides is 1. The van der Waals surface area contributed by atoms with Crippen molar-refractivity contribution >= 4 is 16.8 Å². The number of para-hydroxylation sites is 1. The van der Waals surface area contributed by atoms with E-state index in [1.54, 1.807) is 17.0 Å². The van der Waals surface area contributed by atoms with Gasteiger partial charge in [-0.05, 0) is 35.7 Å². The number of hydrogen-bond donors (Lipinski definition) is 2. The van der Waals surface area contributed by atoms with Gasteiger partial charge in [-0.1, -0.05) is 18.2 Å². The highest BCUT2D eigenvalue weighted by atomic mass is 16.5. The van der Waals surface area contributed by atoms with Crippen LogP contribution in [0.1, 0.15) is 40.7 Å². The number of H-pyrrole nitrogens is 1. The minimum Gasteiger partial charge on any atom is -0.502 e. The number of fused-ring (bicyclic) bond motifs is 3. The highest BCUT2D eigenvalue weighted by Crippen LogP contribution is 2.43. The maximum atomic E-state index is 13.8. The minimum atomic E-state index is -0.838. The lowest BCUT2D eigenvalue weighted by Gasteiger charge is -2.29. The summed E-state index contributed by atoms with van der Waals surface area (Å²) in [6, 6.07) is 12.7. The van der Waals surface area contributed by atoms with Crippen LogP contribution in [0.15, 0.2) is 51.7 Å². The largest absolute Gasteiger partial charge is 0.502 e. The summed E-state index contributed by atoms with van der Waals surface area (Å²) in [6.07, 6.45) is 0.630. The van der Waals surface area contributed by atoms with Crippen LogP contribution >= 0.6 is 0 Å². The van der Waals surface area contributed by atoms with Gasteiger partial charge in [0.15, 0.2) is 17.3 Å². The Morgan fingerprint density at radius 3 is 2.48 bits per heavy atom. The van der Waals surface area contributed by atoms with E-state index < -0.39 is 17.1 Å². The molecule has 1 aliphatic rings. The number of nitrogens with one attached hydrogen (secondary N) is 1. The lowest BCUT2D eigenvalue weighted by Crippen LogP contribution is -2.36. The fourth-order valence-electron chi connectivity index (χ4n) is 5.38. The zero-order valence-corrected chi connectivity index (χ0v) is 22.9. The molecule has 2 N–H and O–H groups in total. The number of carbonyl (C=O) groups excluding carboxylic acids is 1. The molecule has 10 nitrogen and oxygen atoms in total. The Balaban J connectivity index is 1.55. The molecule has 10 heteroatoms. The second kappa shape index (κ2) is 11.4. The summed E-state index contributed by atoms with van der Waals surface area (Å²) < 4.78 is 27.6. The molecule has 0 aliphatic carbocycles. The molecule has 0 fully saturated rings. The Bertz CT molecular complexity index is 1580. The van der Waals surface area contributed by atoms with Gasteiger partial charge in [-0.25, -0.2) is 0 Å². The van der Waals surface area contributed by atoms with Gasteiger partial charge >= 0.3 is 0 Å². The Hall–Kier alpha value is -4.44. The van der Waals surface area contributed by atoms with Crippen LogP contribution in [0.5, 0.6) is 23.0 Å². The van der Waals surface area contributed by atoms with Crippen molar-refractivity contribution in [3.05, 3.63) is 81.0 Å². The molecule has 1 aliphatic heterocycles. The summed E-state index contributed by atoms with van der Waals surface area (Å²) in [5, 5.41) is 12.0. The summed E-state index contributed by atoms with van der Waals surface area (Å²) in [7, 11) is 5.95. The molecule has 0 bridgehead atoms. The van der Waals surface area contributed by atoms with Crippen LogP contribution in [0, 0.1) is 0 Å². The predicted molar refractivity (Wildman–Crippen MR) is 147 cm³/mol. The van der Waals surface area contributed by atoms with E-state index in [1.165, 1.54) is 45.5 Å². The summed E-state index contributed by atoms with van der Waals surface area (Å²) in [5.41, 5.74) is 3.18. The van der Waals surface area contributed by atoms with Crippen molar-refractivity contribution in [2.45, 2.75) is 31.9 Å². The highest BCUT2D eigenvalue weighted by Gasteiger charge is 2.32. The van der Waals surface area contributed by atoms with Gasteiger partial charge in [0.2, 0.25) is 22.8 Å². The first-order valence-corrected chi connectivity index (χ1v) is 12.9. The Morgan fingerprint density at radius 1 is 1.07 bits per heavy atom. The minimum absolute atomic E-state index is 0.0216. The van der Waals surface area contributed by atoms with E-state index in [2.05, 4.69) is 11.1 Å². The van der Waals surface area contributed by atoms with E-state index in [4.69, 9.17) is 23.4 Å². The molecule has 3 heterocycles. The molecule has 0 spiro atoms. The van der Waals surface area contributed by atoms with Crippen molar-refractivity contribution in [2.24, 2.45) is 0 Å². The van der Waals surface area contributed by atoms with E-state index in [9.17, 15) is 14.7 Å². The third-order valence-electron chi connectivity index (χ3n) is 7.31. The molecule has 4 aromatic rings. The maximum absolute atomic E-state index is 13.8. The summed E-state index contributed by atoms with van der Waals surface area (Å²) in [5.74, 6) is -0.272. The second-order valence-electron chi connectivity index (χ2n) is 9.63. The third kappa shape index (κ3) is 4.98. The Kier molecular flexibility index (Phi) is 7.70. The quantitative estimate of drug-likeness (QED) is 0.320. The standard InChI is InChI=1S/C30H32N2O8/c1-36-16-18-13-24(33)28(35)29(40-18)21(17-11-25(37-2)30(39-4)26(12-17)38-3)14-27(34)32-10-9-20-19-7-5-6-8-22(19)31-23(20)15-32/h5-8,11-13,21,31,35H,9-10,14-16H2,1-4H3. The zero-order valence-electron chi connectivity index (χ0n) is 22.9. The molecule has 5 rings (SSSR count). The Morgan fingerprint density at radius 2 is 1.80 bits per heavy atom. The topological polar surface area (TPSA) is 123 Å². The van der Waals surface area contributed by atoms with E-state index in [-0.39, 0.29) is 30.5 Å². The van der Waals surface area contributed by atoms with Gasteiger partial charge in [0.05, 0.1) is 33.8 Å². The molecule has 1 atom stereocenters. The van der Waals surface area contributed by atoms with Crippen LogP contribution in [0.25, 0.3) is 10.9 Å². The SMILES string of the molecule is COCc1cc(=O)c(O)c(C(CC(=O)N2CCc3c([nH]c4ccccc34)C2)c2cc(OC)c(OC)c(OC)c2)o1. The van der Waals surface area contributed by atoms with Crippen LogP contribution < -0.4 is 19.6 Å². The molecule has 1 amide bonds. The molecule has 0 radical (unpaired) electrons. The van der Waals surface area contributed by atoms with E-state index in [0.717, 1.165) is 11.2 Å². The first-order chi connectivity index (χ1) is 19.4. The molecule has 0 saturated carbocycles. The molecule has 2 aromatic heterocycles. The summed E-state index contributed by atoms with van der Waals surface area (Å²) in [6.45, 7) is 0.980. The number of hydrogen-bond acceptors (Lipinski definition) is 8. The zero-order chi connectivity index (χ0) is 28.4. The highest BCUT2D eigenvalue weighted by molar-refractivity contribution is 5.86. The second-order valence-corrected chi connectivity index (χ2v) is 9.63. The molecule has 40 heavy (non-hydrogen) atoms. The number of benzene rings is 2.